The van der Waals surface area contributed by atoms with E-state index in [0.717, 1.165) is 30.3 Å². The molecule has 1 aliphatic heterocycles. The molecule has 0 saturated carbocycles. The molecule has 2 heterocycles. The number of halogens is 1. The van der Waals surface area contributed by atoms with Crippen LogP contribution < -0.4 is 21.9 Å². The molecule has 2 amide bonds. The first-order valence-electron chi connectivity index (χ1n) is 15.1. The topological polar surface area (TPSA) is 175 Å². The number of hydrogen-bond acceptors (Lipinski definition) is 9. The van der Waals surface area contributed by atoms with Crippen LogP contribution in [0.25, 0.3) is 0 Å². The fraction of sp³-hybridized carbons (Fsp3) is 0.724. The zero-order valence-electron chi connectivity index (χ0n) is 25.4. The van der Waals surface area contributed by atoms with Crippen molar-refractivity contribution in [3.63, 3.8) is 0 Å². The van der Waals surface area contributed by atoms with Crippen LogP contribution >= 0.6 is 0 Å². The molecule has 2 rings (SSSR count). The quantitative estimate of drug-likeness (QED) is 0.210. The SMILES string of the molecule is CCCC(CCC)C(=O)NCC(=O)OC[C@H]1O[C@@H](n2cc(F)c(=O)[nH]c2=O)C[C@@H]1OC(=O)CNC(=O)C(CCC)CCC. The van der Waals surface area contributed by atoms with E-state index < -0.39 is 60.6 Å². The molecular weight excluding hydrogens is 567 g/mol. The van der Waals surface area contributed by atoms with Gasteiger partial charge in [0.25, 0.3) is 5.56 Å². The number of nitrogens with zero attached hydrogens (tertiary/aromatic N) is 1. The van der Waals surface area contributed by atoms with Crippen LogP contribution in [-0.4, -0.2) is 65.2 Å². The Morgan fingerprint density at radius 1 is 0.930 bits per heavy atom. The third-order valence-corrected chi connectivity index (χ3v) is 7.21. The van der Waals surface area contributed by atoms with E-state index in [0.29, 0.717) is 31.9 Å². The number of amides is 2. The highest BCUT2D eigenvalue weighted by Crippen LogP contribution is 2.30. The van der Waals surface area contributed by atoms with E-state index in [1.165, 1.54) is 0 Å². The van der Waals surface area contributed by atoms with Crippen molar-refractivity contribution in [3.8, 4) is 0 Å². The predicted molar refractivity (Wildman–Crippen MR) is 153 cm³/mol. The van der Waals surface area contributed by atoms with Crippen LogP contribution in [0.1, 0.15) is 91.7 Å². The molecule has 3 N–H and O–H groups in total. The van der Waals surface area contributed by atoms with E-state index in [-0.39, 0.29) is 36.6 Å². The first-order chi connectivity index (χ1) is 20.5. The summed E-state index contributed by atoms with van der Waals surface area (Å²) >= 11 is 0. The van der Waals surface area contributed by atoms with Gasteiger partial charge in [0, 0.05) is 18.3 Å². The highest BCUT2D eigenvalue weighted by molar-refractivity contribution is 5.84. The van der Waals surface area contributed by atoms with Crippen LogP contribution in [0.2, 0.25) is 0 Å². The number of carbonyl (C=O) groups is 4. The zero-order valence-corrected chi connectivity index (χ0v) is 25.4. The average Bonchev–Trinajstić information content (AvgIpc) is 3.37. The Bertz CT molecular complexity index is 1190. The van der Waals surface area contributed by atoms with Crippen LogP contribution in [0.4, 0.5) is 4.39 Å². The van der Waals surface area contributed by atoms with Gasteiger partial charge < -0.3 is 24.8 Å². The maximum atomic E-state index is 13.9. The van der Waals surface area contributed by atoms with Gasteiger partial charge in [0.15, 0.2) is 0 Å². The van der Waals surface area contributed by atoms with Gasteiger partial charge in [-0.2, -0.15) is 4.39 Å². The van der Waals surface area contributed by atoms with E-state index in [1.54, 1.807) is 0 Å². The molecule has 3 atom stereocenters. The molecule has 1 aromatic rings. The third-order valence-electron chi connectivity index (χ3n) is 7.21. The van der Waals surface area contributed by atoms with Crippen molar-refractivity contribution in [1.82, 2.24) is 20.2 Å². The number of hydrogen-bond donors (Lipinski definition) is 3. The molecule has 14 heteroatoms. The molecule has 1 fully saturated rings. The van der Waals surface area contributed by atoms with E-state index in [1.807, 2.05) is 32.7 Å². The fourth-order valence-electron chi connectivity index (χ4n) is 5.07. The van der Waals surface area contributed by atoms with Crippen LogP contribution in [0.3, 0.4) is 0 Å². The van der Waals surface area contributed by atoms with Gasteiger partial charge in [-0.1, -0.05) is 53.4 Å². The van der Waals surface area contributed by atoms with E-state index in [9.17, 15) is 33.2 Å². The molecule has 0 aliphatic carbocycles. The van der Waals surface area contributed by atoms with Crippen LogP contribution in [0.5, 0.6) is 0 Å². The molecule has 0 aromatic carbocycles. The van der Waals surface area contributed by atoms with Crippen molar-refractivity contribution in [1.29, 1.82) is 0 Å². The maximum Gasteiger partial charge on any atom is 0.330 e. The minimum absolute atomic E-state index is 0.131. The molecule has 43 heavy (non-hydrogen) atoms. The van der Waals surface area contributed by atoms with Crippen molar-refractivity contribution >= 4 is 23.8 Å². The second-order valence-electron chi connectivity index (χ2n) is 10.7. The summed E-state index contributed by atoms with van der Waals surface area (Å²) in [6.07, 6.45) is 3.33. The Morgan fingerprint density at radius 2 is 1.44 bits per heavy atom. The average molecular weight is 613 g/mol. The lowest BCUT2D eigenvalue weighted by molar-refractivity contribution is -0.158. The number of aromatic amines is 1. The molecule has 1 aromatic heterocycles. The van der Waals surface area contributed by atoms with E-state index >= 15 is 0 Å². The molecule has 0 bridgehead atoms. The molecule has 0 radical (unpaired) electrons. The van der Waals surface area contributed by atoms with Gasteiger partial charge in [-0.3, -0.25) is 33.5 Å². The number of carbonyl (C=O) groups excluding carboxylic acids is 4. The summed E-state index contributed by atoms with van der Waals surface area (Å²) < 4.78 is 31.3. The molecule has 1 aliphatic rings. The Hall–Kier alpha value is -3.55. The summed E-state index contributed by atoms with van der Waals surface area (Å²) in [5.41, 5.74) is -2.14. The summed E-state index contributed by atoms with van der Waals surface area (Å²) in [5, 5.41) is 5.16. The van der Waals surface area contributed by atoms with E-state index in [4.69, 9.17) is 14.2 Å². The monoisotopic (exact) mass is 612 g/mol. The van der Waals surface area contributed by atoms with Gasteiger partial charge in [-0.25, -0.2) is 4.79 Å². The number of aromatic nitrogens is 2. The molecule has 13 nitrogen and oxygen atoms in total. The number of esters is 2. The van der Waals surface area contributed by atoms with Crippen LogP contribution in [0, 0.1) is 17.7 Å². The van der Waals surface area contributed by atoms with Crippen LogP contribution in [-0.2, 0) is 33.4 Å². The standard InChI is InChI=1S/C29H45FN4O9/c1-5-9-18(10-6-2)26(37)31-14-24(35)41-17-22-21(13-23(42-22)34-16-20(30)28(39)33-29(34)40)43-25(36)15-32-27(38)19(11-7-3)12-8-4/h16,18-19,21-23H,5-15,17H2,1-4H3,(H,31,37)(H,32,38)(H,33,39,40)/t21-,22+,23+/m0/s1. The van der Waals surface area contributed by atoms with Gasteiger partial charge in [-0.15, -0.1) is 0 Å². The summed E-state index contributed by atoms with van der Waals surface area (Å²) in [7, 11) is 0. The predicted octanol–water partition coefficient (Wildman–Crippen LogP) is 2.08. The molecule has 242 valence electrons. The number of nitrogens with one attached hydrogen (secondary N) is 3. The van der Waals surface area contributed by atoms with Gasteiger partial charge in [0.1, 0.15) is 38.1 Å². The van der Waals surface area contributed by atoms with E-state index in [2.05, 4.69) is 10.6 Å². The summed E-state index contributed by atoms with van der Waals surface area (Å²) in [6, 6.07) is 0. The first kappa shape index (κ1) is 35.6. The lowest BCUT2D eigenvalue weighted by Crippen LogP contribution is -2.39. The highest BCUT2D eigenvalue weighted by atomic mass is 19.1. The highest BCUT2D eigenvalue weighted by Gasteiger charge is 2.40. The lowest BCUT2D eigenvalue weighted by atomic mass is 9.97. The number of H-pyrrole nitrogens is 1. The molecular formula is C29H45FN4O9. The van der Waals surface area contributed by atoms with Gasteiger partial charge in [0.05, 0.1) is 6.20 Å². The van der Waals surface area contributed by atoms with Gasteiger partial charge in [0.2, 0.25) is 17.6 Å². The summed E-state index contributed by atoms with van der Waals surface area (Å²) in [4.78, 5) is 75.7. The Labute approximate surface area is 250 Å². The minimum atomic E-state index is -1.22. The second-order valence-corrected chi connectivity index (χ2v) is 10.7. The zero-order chi connectivity index (χ0) is 31.9. The van der Waals surface area contributed by atoms with Crippen molar-refractivity contribution in [2.45, 2.75) is 104 Å². The third kappa shape index (κ3) is 11.2. The number of ether oxygens (including phenoxy) is 3. The summed E-state index contributed by atoms with van der Waals surface area (Å²) in [5.74, 6) is -3.69. The fourth-order valence-corrected chi connectivity index (χ4v) is 5.07. The van der Waals surface area contributed by atoms with Crippen molar-refractivity contribution < 1.29 is 37.8 Å². The largest absolute Gasteiger partial charge is 0.461 e. The molecule has 0 unspecified atom stereocenters. The van der Waals surface area contributed by atoms with Crippen molar-refractivity contribution in [2.75, 3.05) is 19.7 Å². The Morgan fingerprint density at radius 3 is 1.95 bits per heavy atom. The first-order valence-corrected chi connectivity index (χ1v) is 15.1. The maximum absolute atomic E-state index is 13.9. The minimum Gasteiger partial charge on any atom is -0.461 e. The lowest BCUT2D eigenvalue weighted by Gasteiger charge is -2.20. The number of rotatable bonds is 18. The van der Waals surface area contributed by atoms with Crippen molar-refractivity contribution in [3.05, 3.63) is 32.9 Å². The molecule has 0 spiro atoms. The van der Waals surface area contributed by atoms with Gasteiger partial charge in [-0.05, 0) is 25.7 Å². The molecule has 1 saturated heterocycles. The smallest absolute Gasteiger partial charge is 0.330 e. The normalized spacial score (nSPS) is 18.1. The Balaban J connectivity index is 2.06. The summed E-state index contributed by atoms with van der Waals surface area (Å²) in [6.45, 7) is 6.69. The van der Waals surface area contributed by atoms with Crippen LogP contribution in [0.15, 0.2) is 15.8 Å². The second kappa shape index (κ2) is 18.2. The van der Waals surface area contributed by atoms with Crippen molar-refractivity contribution in [2.24, 2.45) is 11.8 Å². The Kier molecular flexibility index (Phi) is 15.1. The van der Waals surface area contributed by atoms with Gasteiger partial charge >= 0.3 is 17.6 Å².